The highest BCUT2D eigenvalue weighted by atomic mass is 16.3. The maximum atomic E-state index is 8.90. The second kappa shape index (κ2) is 12.0. The Morgan fingerprint density at radius 2 is 1.40 bits per heavy atom. The van der Waals surface area contributed by atoms with Crippen molar-refractivity contribution in [2.75, 3.05) is 32.8 Å². The molecule has 0 saturated carbocycles. The molecule has 0 aromatic carbocycles. The largest absolute Gasteiger partial charge is 0.396 e. The van der Waals surface area contributed by atoms with Crippen LogP contribution in [0.3, 0.4) is 0 Å². The van der Waals surface area contributed by atoms with E-state index in [9.17, 15) is 0 Å². The van der Waals surface area contributed by atoms with Gasteiger partial charge in [0.2, 0.25) is 0 Å². The van der Waals surface area contributed by atoms with Crippen molar-refractivity contribution >= 4 is 0 Å². The molecule has 2 N–H and O–H groups in total. The molecule has 0 rings (SSSR count). The predicted molar refractivity (Wildman–Crippen MR) is 64.0 cm³/mol. The molecule has 0 atom stereocenters. The first-order valence-corrected chi connectivity index (χ1v) is 6.29. The summed E-state index contributed by atoms with van der Waals surface area (Å²) in [5, 5.41) is 17.5. The van der Waals surface area contributed by atoms with Crippen LogP contribution in [0.4, 0.5) is 0 Å². The molecule has 3 nitrogen and oxygen atoms in total. The van der Waals surface area contributed by atoms with Gasteiger partial charge in [-0.2, -0.15) is 0 Å². The number of hydrogen-bond acceptors (Lipinski definition) is 3. The lowest BCUT2D eigenvalue weighted by atomic mass is 10.2. The number of aliphatic hydroxyl groups is 2. The molecule has 0 aliphatic carbocycles. The van der Waals surface area contributed by atoms with Crippen LogP contribution in [0.25, 0.3) is 0 Å². The van der Waals surface area contributed by atoms with E-state index in [0.717, 1.165) is 32.5 Å². The number of rotatable bonds is 11. The zero-order valence-corrected chi connectivity index (χ0v) is 10.1. The molecule has 0 unspecified atom stereocenters. The molecule has 0 spiro atoms. The number of nitrogens with zero attached hydrogens (tertiary/aromatic N) is 1. The zero-order chi connectivity index (χ0) is 11.4. The van der Waals surface area contributed by atoms with Crippen LogP contribution in [-0.4, -0.2) is 48.0 Å². The van der Waals surface area contributed by atoms with E-state index in [4.69, 9.17) is 10.2 Å². The van der Waals surface area contributed by atoms with Crippen molar-refractivity contribution in [3.8, 4) is 0 Å². The Balaban J connectivity index is 3.38. The summed E-state index contributed by atoms with van der Waals surface area (Å²) < 4.78 is 0. The number of unbranched alkanes of at least 4 members (excludes halogenated alkanes) is 4. The molecule has 0 radical (unpaired) electrons. The van der Waals surface area contributed by atoms with Crippen molar-refractivity contribution in [1.82, 2.24) is 4.90 Å². The SMILES string of the molecule is CCCCN(CCO)CCCCCCO. The summed E-state index contributed by atoms with van der Waals surface area (Å²) in [5.74, 6) is 0. The zero-order valence-electron chi connectivity index (χ0n) is 10.1. The monoisotopic (exact) mass is 217 g/mol. The van der Waals surface area contributed by atoms with Gasteiger partial charge in [-0.15, -0.1) is 0 Å². The highest BCUT2D eigenvalue weighted by Crippen LogP contribution is 2.02. The quantitative estimate of drug-likeness (QED) is 0.517. The topological polar surface area (TPSA) is 43.7 Å². The standard InChI is InChI=1S/C12H27NO2/c1-2-3-8-13(10-12-15)9-6-4-5-7-11-14/h14-15H,2-12H2,1H3. The van der Waals surface area contributed by atoms with Gasteiger partial charge in [0.15, 0.2) is 0 Å². The molecule has 0 aromatic heterocycles. The molecule has 0 aromatic rings. The van der Waals surface area contributed by atoms with Crippen molar-refractivity contribution in [2.45, 2.75) is 45.4 Å². The summed E-state index contributed by atoms with van der Waals surface area (Å²) in [5.41, 5.74) is 0. The van der Waals surface area contributed by atoms with Gasteiger partial charge in [0.05, 0.1) is 6.61 Å². The summed E-state index contributed by atoms with van der Waals surface area (Å²) in [6.07, 6.45) is 6.85. The van der Waals surface area contributed by atoms with Crippen LogP contribution in [0.1, 0.15) is 45.4 Å². The van der Waals surface area contributed by atoms with Gasteiger partial charge in [-0.05, 0) is 32.4 Å². The third-order valence-electron chi connectivity index (χ3n) is 2.63. The summed E-state index contributed by atoms with van der Waals surface area (Å²) in [6.45, 7) is 5.78. The van der Waals surface area contributed by atoms with E-state index in [2.05, 4.69) is 11.8 Å². The van der Waals surface area contributed by atoms with Gasteiger partial charge < -0.3 is 15.1 Å². The van der Waals surface area contributed by atoms with Gasteiger partial charge >= 0.3 is 0 Å². The van der Waals surface area contributed by atoms with Gasteiger partial charge in [-0.25, -0.2) is 0 Å². The van der Waals surface area contributed by atoms with Gasteiger partial charge in [-0.3, -0.25) is 0 Å². The molecular weight excluding hydrogens is 190 g/mol. The Bertz CT molecular complexity index is 120. The van der Waals surface area contributed by atoms with Crippen LogP contribution < -0.4 is 0 Å². The summed E-state index contributed by atoms with van der Waals surface area (Å²) in [7, 11) is 0. The Kier molecular flexibility index (Phi) is 11.9. The van der Waals surface area contributed by atoms with Crippen LogP contribution in [0.2, 0.25) is 0 Å². The fraction of sp³-hybridized carbons (Fsp3) is 1.00. The van der Waals surface area contributed by atoms with Crippen LogP contribution in [0.15, 0.2) is 0 Å². The molecule has 0 bridgehead atoms. The van der Waals surface area contributed by atoms with Crippen molar-refractivity contribution < 1.29 is 10.2 Å². The molecule has 92 valence electrons. The van der Waals surface area contributed by atoms with Crippen LogP contribution >= 0.6 is 0 Å². The molecule has 15 heavy (non-hydrogen) atoms. The van der Waals surface area contributed by atoms with E-state index in [0.29, 0.717) is 6.61 Å². The highest BCUT2D eigenvalue weighted by Gasteiger charge is 2.02. The van der Waals surface area contributed by atoms with Crippen molar-refractivity contribution in [3.63, 3.8) is 0 Å². The van der Waals surface area contributed by atoms with E-state index in [1.165, 1.54) is 25.7 Å². The highest BCUT2D eigenvalue weighted by molar-refractivity contribution is 4.57. The van der Waals surface area contributed by atoms with Crippen molar-refractivity contribution in [3.05, 3.63) is 0 Å². The van der Waals surface area contributed by atoms with Crippen LogP contribution in [-0.2, 0) is 0 Å². The van der Waals surface area contributed by atoms with Crippen LogP contribution in [0, 0.1) is 0 Å². The summed E-state index contributed by atoms with van der Waals surface area (Å²) in [4.78, 5) is 2.34. The maximum absolute atomic E-state index is 8.90. The Morgan fingerprint density at radius 3 is 2.00 bits per heavy atom. The second-order valence-corrected chi connectivity index (χ2v) is 4.06. The predicted octanol–water partition coefficient (Wildman–Crippen LogP) is 1.63. The second-order valence-electron chi connectivity index (χ2n) is 4.06. The molecule has 3 heteroatoms. The summed E-state index contributed by atoms with van der Waals surface area (Å²) in [6, 6.07) is 0. The van der Waals surface area contributed by atoms with Gasteiger partial charge in [0.25, 0.3) is 0 Å². The third-order valence-corrected chi connectivity index (χ3v) is 2.63. The minimum Gasteiger partial charge on any atom is -0.396 e. The molecule has 0 amide bonds. The third kappa shape index (κ3) is 10.2. The Hall–Kier alpha value is -0.120. The van der Waals surface area contributed by atoms with Crippen LogP contribution in [0.5, 0.6) is 0 Å². The van der Waals surface area contributed by atoms with E-state index in [1.807, 2.05) is 0 Å². The molecule has 0 aliphatic rings. The van der Waals surface area contributed by atoms with Gasteiger partial charge in [0.1, 0.15) is 0 Å². The minimum absolute atomic E-state index is 0.264. The first-order chi connectivity index (χ1) is 7.35. The van der Waals surface area contributed by atoms with E-state index in [-0.39, 0.29) is 6.61 Å². The molecular formula is C12H27NO2. The molecule has 0 fully saturated rings. The Labute approximate surface area is 94.1 Å². The maximum Gasteiger partial charge on any atom is 0.0558 e. The smallest absolute Gasteiger partial charge is 0.0558 e. The van der Waals surface area contributed by atoms with Gasteiger partial charge in [0, 0.05) is 13.2 Å². The fourth-order valence-corrected chi connectivity index (χ4v) is 1.66. The van der Waals surface area contributed by atoms with Crippen molar-refractivity contribution in [2.24, 2.45) is 0 Å². The summed E-state index contributed by atoms with van der Waals surface area (Å²) >= 11 is 0. The normalized spacial score (nSPS) is 11.2. The van der Waals surface area contributed by atoms with E-state index < -0.39 is 0 Å². The lowest BCUT2D eigenvalue weighted by molar-refractivity contribution is 0.190. The fourth-order valence-electron chi connectivity index (χ4n) is 1.66. The number of hydrogen-bond donors (Lipinski definition) is 2. The lowest BCUT2D eigenvalue weighted by Crippen LogP contribution is -2.29. The average molecular weight is 217 g/mol. The molecule has 0 saturated heterocycles. The van der Waals surface area contributed by atoms with E-state index in [1.54, 1.807) is 0 Å². The van der Waals surface area contributed by atoms with E-state index >= 15 is 0 Å². The first kappa shape index (κ1) is 14.9. The average Bonchev–Trinajstić information content (AvgIpc) is 2.25. The first-order valence-electron chi connectivity index (χ1n) is 6.29. The molecule has 0 aliphatic heterocycles. The Morgan fingerprint density at radius 1 is 0.733 bits per heavy atom. The minimum atomic E-state index is 0.264. The molecule has 0 heterocycles. The van der Waals surface area contributed by atoms with Crippen molar-refractivity contribution in [1.29, 1.82) is 0 Å². The lowest BCUT2D eigenvalue weighted by Gasteiger charge is -2.20. The number of aliphatic hydroxyl groups excluding tert-OH is 2. The van der Waals surface area contributed by atoms with Gasteiger partial charge in [-0.1, -0.05) is 26.2 Å².